The molecule has 0 aromatic carbocycles. The summed E-state index contributed by atoms with van der Waals surface area (Å²) in [6.45, 7) is 7.23. The van der Waals surface area contributed by atoms with E-state index in [0.29, 0.717) is 44.5 Å². The van der Waals surface area contributed by atoms with Gasteiger partial charge in [0.25, 0.3) is 11.9 Å². The molecule has 0 unspecified atom stereocenters. The van der Waals surface area contributed by atoms with Crippen molar-refractivity contribution < 1.29 is 13.9 Å². The third-order valence-corrected chi connectivity index (χ3v) is 3.52. The first-order valence-corrected chi connectivity index (χ1v) is 7.37. The molecule has 1 fully saturated rings. The molecule has 1 N–H and O–H groups in total. The molecule has 0 atom stereocenters. The van der Waals surface area contributed by atoms with Crippen LogP contribution < -0.4 is 0 Å². The maximum atomic E-state index is 12.1. The number of nitrogens with one attached hydrogen (secondary N) is 1. The molecule has 1 aliphatic heterocycles. The molecule has 6 nitrogen and oxygen atoms in total. The van der Waals surface area contributed by atoms with Crippen LogP contribution in [0.15, 0.2) is 22.8 Å². The van der Waals surface area contributed by atoms with Crippen LogP contribution in [0.3, 0.4) is 0 Å². The fourth-order valence-electron chi connectivity index (χ4n) is 2.15. The third kappa shape index (κ3) is 4.24. The van der Waals surface area contributed by atoms with Gasteiger partial charge < -0.3 is 19.0 Å². The molecule has 1 amide bonds. The lowest BCUT2D eigenvalue weighted by Crippen LogP contribution is -2.51. The van der Waals surface area contributed by atoms with Crippen molar-refractivity contribution in [2.24, 2.45) is 5.92 Å². The van der Waals surface area contributed by atoms with Crippen LogP contribution in [-0.4, -0.2) is 54.5 Å². The van der Waals surface area contributed by atoms with Crippen molar-refractivity contribution in [3.8, 4) is 0 Å². The summed E-state index contributed by atoms with van der Waals surface area (Å²) in [6.07, 6.45) is 2.45. The second kappa shape index (κ2) is 7.15. The summed E-state index contributed by atoms with van der Waals surface area (Å²) in [6, 6.07) is 3.59. The maximum Gasteiger partial charge on any atom is 0.289 e. The zero-order chi connectivity index (χ0) is 15.2. The van der Waals surface area contributed by atoms with Crippen LogP contribution in [0.5, 0.6) is 0 Å². The Labute approximate surface area is 125 Å². The minimum atomic E-state index is -0.0908. The van der Waals surface area contributed by atoms with E-state index in [0.717, 1.165) is 6.42 Å². The van der Waals surface area contributed by atoms with Gasteiger partial charge in [-0.3, -0.25) is 10.2 Å². The molecule has 0 saturated carbocycles. The average Bonchev–Trinajstić information content (AvgIpc) is 3.00. The lowest BCUT2D eigenvalue weighted by Gasteiger charge is -2.35. The molecular weight excluding hydrogens is 270 g/mol. The number of hydrogen-bond donors (Lipinski definition) is 1. The van der Waals surface area contributed by atoms with Gasteiger partial charge in [0, 0.05) is 26.2 Å². The Hall–Kier alpha value is -1.98. The molecule has 116 valence electrons. The number of furan rings is 1. The van der Waals surface area contributed by atoms with Gasteiger partial charge in [-0.1, -0.05) is 13.8 Å². The first-order valence-electron chi connectivity index (χ1n) is 7.37. The second-order valence-electron chi connectivity index (χ2n) is 5.59. The molecular formula is C15H23N3O3. The van der Waals surface area contributed by atoms with Gasteiger partial charge in [0.05, 0.1) is 12.9 Å². The number of amidine groups is 1. The molecule has 2 heterocycles. The number of rotatable bonds is 4. The Morgan fingerprint density at radius 3 is 2.57 bits per heavy atom. The summed E-state index contributed by atoms with van der Waals surface area (Å²) in [7, 11) is 0. The van der Waals surface area contributed by atoms with Crippen molar-refractivity contribution in [1.82, 2.24) is 9.80 Å². The molecule has 1 saturated heterocycles. The zero-order valence-corrected chi connectivity index (χ0v) is 12.7. The van der Waals surface area contributed by atoms with Crippen molar-refractivity contribution >= 4 is 11.9 Å². The van der Waals surface area contributed by atoms with E-state index in [1.807, 2.05) is 4.90 Å². The Bertz CT molecular complexity index is 463. The number of amides is 1. The minimum Gasteiger partial charge on any atom is -0.465 e. The predicted octanol–water partition coefficient (Wildman–Crippen LogP) is 2.03. The van der Waals surface area contributed by atoms with Crippen LogP contribution in [0.4, 0.5) is 0 Å². The molecule has 0 spiro atoms. The maximum absolute atomic E-state index is 12.1. The third-order valence-electron chi connectivity index (χ3n) is 3.52. The van der Waals surface area contributed by atoms with Gasteiger partial charge in [0.1, 0.15) is 0 Å². The molecule has 0 radical (unpaired) electrons. The van der Waals surface area contributed by atoms with Gasteiger partial charge in [-0.05, 0) is 24.5 Å². The van der Waals surface area contributed by atoms with E-state index >= 15 is 0 Å². The van der Waals surface area contributed by atoms with E-state index in [1.165, 1.54) is 6.26 Å². The van der Waals surface area contributed by atoms with E-state index in [1.54, 1.807) is 17.0 Å². The second-order valence-corrected chi connectivity index (χ2v) is 5.59. The Morgan fingerprint density at radius 1 is 1.33 bits per heavy atom. The Balaban J connectivity index is 1.75. The summed E-state index contributed by atoms with van der Waals surface area (Å²) in [4.78, 5) is 15.7. The molecule has 1 aliphatic rings. The van der Waals surface area contributed by atoms with Crippen molar-refractivity contribution in [1.29, 1.82) is 5.41 Å². The lowest BCUT2D eigenvalue weighted by atomic mass is 10.1. The number of hydrogen-bond acceptors (Lipinski definition) is 4. The van der Waals surface area contributed by atoms with E-state index in [-0.39, 0.29) is 11.9 Å². The topological polar surface area (TPSA) is 69.8 Å². The monoisotopic (exact) mass is 293 g/mol. The normalized spacial score (nSPS) is 15.4. The summed E-state index contributed by atoms with van der Waals surface area (Å²) >= 11 is 0. The zero-order valence-electron chi connectivity index (χ0n) is 12.7. The molecule has 0 bridgehead atoms. The predicted molar refractivity (Wildman–Crippen MR) is 79.3 cm³/mol. The highest BCUT2D eigenvalue weighted by molar-refractivity contribution is 5.91. The van der Waals surface area contributed by atoms with Crippen LogP contribution in [0.25, 0.3) is 0 Å². The molecule has 6 heteroatoms. The molecule has 2 rings (SSSR count). The Kier molecular flexibility index (Phi) is 5.25. The van der Waals surface area contributed by atoms with Crippen molar-refractivity contribution in [2.75, 3.05) is 32.8 Å². The highest BCUT2D eigenvalue weighted by atomic mass is 16.5. The van der Waals surface area contributed by atoms with Crippen molar-refractivity contribution in [3.05, 3.63) is 24.2 Å². The summed E-state index contributed by atoms with van der Waals surface area (Å²) in [5, 5.41) is 7.92. The number of piperazine rings is 1. The number of carbonyl (C=O) groups is 1. The number of carbonyl (C=O) groups excluding carboxylic acids is 1. The van der Waals surface area contributed by atoms with Crippen molar-refractivity contribution in [2.45, 2.75) is 20.3 Å². The lowest BCUT2D eigenvalue weighted by molar-refractivity contribution is 0.0636. The quantitative estimate of drug-likeness (QED) is 0.681. The smallest absolute Gasteiger partial charge is 0.289 e. The summed E-state index contributed by atoms with van der Waals surface area (Å²) in [5.41, 5.74) is 0. The van der Waals surface area contributed by atoms with E-state index in [2.05, 4.69) is 13.8 Å². The summed E-state index contributed by atoms with van der Waals surface area (Å²) < 4.78 is 10.6. The van der Waals surface area contributed by atoms with Crippen LogP contribution in [0.2, 0.25) is 0 Å². The van der Waals surface area contributed by atoms with Crippen molar-refractivity contribution in [3.63, 3.8) is 0 Å². The van der Waals surface area contributed by atoms with Gasteiger partial charge >= 0.3 is 0 Å². The van der Waals surface area contributed by atoms with Crippen LogP contribution >= 0.6 is 0 Å². The van der Waals surface area contributed by atoms with Gasteiger partial charge in [0.15, 0.2) is 5.76 Å². The van der Waals surface area contributed by atoms with Crippen LogP contribution in [0.1, 0.15) is 30.8 Å². The first-order chi connectivity index (χ1) is 10.1. The molecule has 0 aliphatic carbocycles. The molecule has 1 aromatic heterocycles. The fourth-order valence-corrected chi connectivity index (χ4v) is 2.15. The van der Waals surface area contributed by atoms with Gasteiger partial charge in [-0.2, -0.15) is 0 Å². The first kappa shape index (κ1) is 15.4. The highest BCUT2D eigenvalue weighted by Gasteiger charge is 2.25. The van der Waals surface area contributed by atoms with Gasteiger partial charge in [0.2, 0.25) is 0 Å². The Morgan fingerprint density at radius 2 is 2.00 bits per heavy atom. The van der Waals surface area contributed by atoms with E-state index < -0.39 is 0 Å². The van der Waals surface area contributed by atoms with Gasteiger partial charge in [-0.15, -0.1) is 0 Å². The van der Waals surface area contributed by atoms with E-state index in [9.17, 15) is 4.79 Å². The van der Waals surface area contributed by atoms with Crippen LogP contribution in [0, 0.1) is 11.3 Å². The molecule has 1 aromatic rings. The standard InChI is InChI=1S/C15H23N3O3/c1-12(2)5-11-21-15(16)18-8-6-17(7-9-18)14(19)13-4-3-10-20-13/h3-4,10,12,16H,5-9,11H2,1-2H3. The summed E-state index contributed by atoms with van der Waals surface area (Å²) in [5.74, 6) is 0.846. The fraction of sp³-hybridized carbons (Fsp3) is 0.600. The number of nitrogens with zero attached hydrogens (tertiary/aromatic N) is 2. The molecule has 21 heavy (non-hydrogen) atoms. The average molecular weight is 293 g/mol. The number of ether oxygens (including phenoxy) is 1. The minimum absolute atomic E-state index is 0.0908. The van der Waals surface area contributed by atoms with E-state index in [4.69, 9.17) is 14.6 Å². The van der Waals surface area contributed by atoms with Crippen LogP contribution in [-0.2, 0) is 4.74 Å². The largest absolute Gasteiger partial charge is 0.465 e. The van der Waals surface area contributed by atoms with Gasteiger partial charge in [-0.25, -0.2) is 0 Å². The SMILES string of the molecule is CC(C)CCOC(=N)N1CCN(C(=O)c2ccco2)CC1. The highest BCUT2D eigenvalue weighted by Crippen LogP contribution is 2.10.